The van der Waals surface area contributed by atoms with Gasteiger partial charge in [0, 0.05) is 12.4 Å². The van der Waals surface area contributed by atoms with E-state index in [2.05, 4.69) is 20.3 Å². The van der Waals surface area contributed by atoms with Gasteiger partial charge in [-0.1, -0.05) is 5.21 Å². The zero-order valence-corrected chi connectivity index (χ0v) is 10.4. The normalized spacial score (nSPS) is 11.0. The van der Waals surface area contributed by atoms with E-state index < -0.39 is 0 Å². The molecule has 0 aliphatic rings. The van der Waals surface area contributed by atoms with Crippen molar-refractivity contribution in [1.82, 2.24) is 25.0 Å². The lowest BCUT2D eigenvalue weighted by Crippen LogP contribution is -2.00. The van der Waals surface area contributed by atoms with Gasteiger partial charge in [-0.3, -0.25) is 9.97 Å². The number of benzene rings is 1. The highest BCUT2D eigenvalue weighted by Crippen LogP contribution is 2.14. The van der Waals surface area contributed by atoms with Gasteiger partial charge in [-0.15, -0.1) is 5.10 Å². The van der Waals surface area contributed by atoms with Crippen LogP contribution in [-0.2, 0) is 6.42 Å². The molecule has 0 saturated carbocycles. The molecule has 1 aromatic carbocycles. The standard InChI is InChI=1S/C13H14N6/c14-5-1-2-10-9-19(18-17-10)11-3-4-12-13(8-11)16-7-6-15-12/h3-4,6-9H,1-2,5,14H2. The Morgan fingerprint density at radius 1 is 1.11 bits per heavy atom. The predicted molar refractivity (Wildman–Crippen MR) is 71.8 cm³/mol. The quantitative estimate of drug-likeness (QED) is 0.754. The van der Waals surface area contributed by atoms with Crippen LogP contribution in [0.3, 0.4) is 0 Å². The Morgan fingerprint density at radius 2 is 1.95 bits per heavy atom. The Morgan fingerprint density at radius 3 is 2.79 bits per heavy atom. The van der Waals surface area contributed by atoms with Gasteiger partial charge in [0.25, 0.3) is 0 Å². The van der Waals surface area contributed by atoms with Gasteiger partial charge in [0.2, 0.25) is 0 Å². The highest BCUT2D eigenvalue weighted by molar-refractivity contribution is 5.76. The van der Waals surface area contributed by atoms with Crippen molar-refractivity contribution in [1.29, 1.82) is 0 Å². The van der Waals surface area contributed by atoms with Crippen LogP contribution in [0.15, 0.2) is 36.8 Å². The van der Waals surface area contributed by atoms with E-state index in [1.165, 1.54) is 0 Å². The molecule has 0 atom stereocenters. The molecule has 3 rings (SSSR count). The Labute approximate surface area is 110 Å². The number of nitrogens with two attached hydrogens (primary N) is 1. The van der Waals surface area contributed by atoms with Gasteiger partial charge in [-0.2, -0.15) is 0 Å². The molecule has 0 radical (unpaired) electrons. The Balaban J connectivity index is 1.92. The molecule has 0 aliphatic carbocycles. The molecule has 0 bridgehead atoms. The van der Waals surface area contributed by atoms with E-state index in [-0.39, 0.29) is 0 Å². The zero-order valence-electron chi connectivity index (χ0n) is 10.4. The molecular weight excluding hydrogens is 240 g/mol. The first-order chi connectivity index (χ1) is 9.36. The number of hydrogen-bond acceptors (Lipinski definition) is 5. The van der Waals surface area contributed by atoms with Crippen molar-refractivity contribution in [2.45, 2.75) is 12.8 Å². The Hall–Kier alpha value is -2.34. The first-order valence-electron chi connectivity index (χ1n) is 6.19. The highest BCUT2D eigenvalue weighted by Gasteiger charge is 2.04. The molecule has 0 unspecified atom stereocenters. The van der Waals surface area contributed by atoms with Crippen molar-refractivity contribution in [2.24, 2.45) is 5.73 Å². The minimum absolute atomic E-state index is 0.665. The van der Waals surface area contributed by atoms with E-state index in [4.69, 9.17) is 5.73 Å². The van der Waals surface area contributed by atoms with E-state index in [9.17, 15) is 0 Å². The molecule has 0 fully saturated rings. The molecule has 2 aromatic heterocycles. The van der Waals surface area contributed by atoms with Gasteiger partial charge in [-0.25, -0.2) is 4.68 Å². The third-order valence-electron chi connectivity index (χ3n) is 2.90. The largest absolute Gasteiger partial charge is 0.330 e. The number of fused-ring (bicyclic) bond motifs is 1. The van der Waals surface area contributed by atoms with Crippen LogP contribution >= 0.6 is 0 Å². The van der Waals surface area contributed by atoms with E-state index in [0.717, 1.165) is 35.3 Å². The highest BCUT2D eigenvalue weighted by atomic mass is 15.4. The molecule has 6 heteroatoms. The summed E-state index contributed by atoms with van der Waals surface area (Å²) < 4.78 is 1.75. The average molecular weight is 254 g/mol. The Kier molecular flexibility index (Phi) is 3.16. The molecule has 19 heavy (non-hydrogen) atoms. The van der Waals surface area contributed by atoms with Crippen molar-refractivity contribution in [3.05, 3.63) is 42.5 Å². The van der Waals surface area contributed by atoms with Crippen molar-refractivity contribution in [3.63, 3.8) is 0 Å². The van der Waals surface area contributed by atoms with Gasteiger partial charge in [0.05, 0.1) is 28.6 Å². The van der Waals surface area contributed by atoms with Crippen LogP contribution in [0.2, 0.25) is 0 Å². The van der Waals surface area contributed by atoms with E-state index >= 15 is 0 Å². The van der Waals surface area contributed by atoms with Crippen LogP contribution in [0.5, 0.6) is 0 Å². The average Bonchev–Trinajstić information content (AvgIpc) is 2.93. The monoisotopic (exact) mass is 254 g/mol. The molecule has 2 heterocycles. The SMILES string of the molecule is NCCCc1cn(-c2ccc3nccnc3c2)nn1. The smallest absolute Gasteiger partial charge is 0.0908 e. The number of aryl methyl sites for hydroxylation is 1. The minimum atomic E-state index is 0.665. The lowest BCUT2D eigenvalue weighted by molar-refractivity contribution is 0.779. The molecule has 0 spiro atoms. The van der Waals surface area contributed by atoms with Gasteiger partial charge in [-0.05, 0) is 37.6 Å². The van der Waals surface area contributed by atoms with Crippen LogP contribution in [-0.4, -0.2) is 31.5 Å². The summed E-state index contributed by atoms with van der Waals surface area (Å²) >= 11 is 0. The maximum atomic E-state index is 5.49. The summed E-state index contributed by atoms with van der Waals surface area (Å²) in [5.41, 5.74) is 9.08. The summed E-state index contributed by atoms with van der Waals surface area (Å²) in [5, 5.41) is 8.26. The molecule has 96 valence electrons. The molecule has 0 aliphatic heterocycles. The number of nitrogens with zero attached hydrogens (tertiary/aromatic N) is 5. The maximum absolute atomic E-state index is 5.49. The lowest BCUT2D eigenvalue weighted by Gasteiger charge is -2.01. The lowest BCUT2D eigenvalue weighted by atomic mass is 10.2. The molecule has 3 aromatic rings. The molecule has 0 saturated heterocycles. The van der Waals surface area contributed by atoms with Crippen LogP contribution in [0.4, 0.5) is 0 Å². The first-order valence-corrected chi connectivity index (χ1v) is 6.19. The summed E-state index contributed by atoms with van der Waals surface area (Å²) in [4.78, 5) is 8.52. The fourth-order valence-electron chi connectivity index (χ4n) is 1.92. The third-order valence-corrected chi connectivity index (χ3v) is 2.90. The van der Waals surface area contributed by atoms with Crippen molar-refractivity contribution >= 4 is 11.0 Å². The maximum Gasteiger partial charge on any atom is 0.0908 e. The van der Waals surface area contributed by atoms with Gasteiger partial charge in [0.15, 0.2) is 0 Å². The van der Waals surface area contributed by atoms with Gasteiger partial charge in [0.1, 0.15) is 0 Å². The van der Waals surface area contributed by atoms with Crippen molar-refractivity contribution in [2.75, 3.05) is 6.54 Å². The summed E-state index contributed by atoms with van der Waals surface area (Å²) in [7, 11) is 0. The Bertz CT molecular complexity index is 690. The van der Waals surface area contributed by atoms with Crippen LogP contribution in [0.1, 0.15) is 12.1 Å². The van der Waals surface area contributed by atoms with Crippen LogP contribution < -0.4 is 5.73 Å². The number of rotatable bonds is 4. The minimum Gasteiger partial charge on any atom is -0.330 e. The van der Waals surface area contributed by atoms with E-state index in [1.807, 2.05) is 24.4 Å². The van der Waals surface area contributed by atoms with Gasteiger partial charge >= 0.3 is 0 Å². The fraction of sp³-hybridized carbons (Fsp3) is 0.231. The van der Waals surface area contributed by atoms with Crippen LogP contribution in [0.25, 0.3) is 16.7 Å². The van der Waals surface area contributed by atoms with Crippen molar-refractivity contribution in [3.8, 4) is 5.69 Å². The number of hydrogen-bond donors (Lipinski definition) is 1. The zero-order chi connectivity index (χ0) is 13.1. The second-order valence-corrected chi connectivity index (χ2v) is 4.28. The van der Waals surface area contributed by atoms with E-state index in [0.29, 0.717) is 6.54 Å². The van der Waals surface area contributed by atoms with Crippen LogP contribution in [0, 0.1) is 0 Å². The van der Waals surface area contributed by atoms with Crippen molar-refractivity contribution < 1.29 is 0 Å². The summed E-state index contributed by atoms with van der Waals surface area (Å²) in [6.45, 7) is 0.665. The molecule has 2 N–H and O–H groups in total. The second kappa shape index (κ2) is 5.11. The summed E-state index contributed by atoms with van der Waals surface area (Å²) in [6, 6.07) is 5.83. The second-order valence-electron chi connectivity index (χ2n) is 4.28. The first kappa shape index (κ1) is 11.7. The summed E-state index contributed by atoms with van der Waals surface area (Å²) in [6.07, 6.45) is 7.06. The summed E-state index contributed by atoms with van der Waals surface area (Å²) in [5.74, 6) is 0. The number of aromatic nitrogens is 5. The van der Waals surface area contributed by atoms with Gasteiger partial charge < -0.3 is 5.73 Å². The van der Waals surface area contributed by atoms with E-state index in [1.54, 1.807) is 17.1 Å². The molecular formula is C13H14N6. The molecule has 6 nitrogen and oxygen atoms in total. The molecule has 0 amide bonds. The topological polar surface area (TPSA) is 82.5 Å². The fourth-order valence-corrected chi connectivity index (χ4v) is 1.92. The predicted octanol–water partition coefficient (Wildman–Crippen LogP) is 1.10. The third kappa shape index (κ3) is 2.43.